The monoisotopic (exact) mass is 411 g/mol. The molecule has 4 aromatic rings. The number of aromatic nitrogens is 4. The van der Waals surface area contributed by atoms with Gasteiger partial charge in [-0.05, 0) is 29.3 Å². The van der Waals surface area contributed by atoms with Gasteiger partial charge in [-0.3, -0.25) is 14.6 Å². The molecule has 7 nitrogen and oxygen atoms in total. The molecule has 0 aliphatic rings. The Morgan fingerprint density at radius 3 is 2.75 bits per heavy atom. The Hall–Kier alpha value is -3.04. The topological polar surface area (TPSA) is 92.7 Å². The minimum Gasteiger partial charge on any atom is -0.306 e. The van der Waals surface area contributed by atoms with Crippen molar-refractivity contribution in [2.24, 2.45) is 0 Å². The van der Waals surface area contributed by atoms with E-state index in [2.05, 4.69) is 20.4 Å². The maximum absolute atomic E-state index is 12.6. The minimum absolute atomic E-state index is 0.235. The van der Waals surface area contributed by atoms with Crippen LogP contribution >= 0.6 is 22.7 Å². The third-order valence-electron chi connectivity index (χ3n) is 3.96. The Morgan fingerprint density at radius 2 is 2.04 bits per heavy atom. The van der Waals surface area contributed by atoms with E-state index >= 15 is 0 Å². The molecule has 1 amide bonds. The molecule has 0 saturated heterocycles. The number of anilines is 1. The molecular formula is C19H17N5O2S2. The van der Waals surface area contributed by atoms with Gasteiger partial charge in [-0.25, -0.2) is 4.98 Å². The van der Waals surface area contributed by atoms with Crippen molar-refractivity contribution in [3.05, 3.63) is 68.1 Å². The second-order valence-electron chi connectivity index (χ2n) is 6.05. The zero-order valence-corrected chi connectivity index (χ0v) is 16.6. The van der Waals surface area contributed by atoms with E-state index in [9.17, 15) is 9.59 Å². The molecule has 0 aliphatic carbocycles. The molecule has 4 rings (SSSR count). The Bertz CT molecular complexity index is 1140. The summed E-state index contributed by atoms with van der Waals surface area (Å²) in [6, 6.07) is 10.7. The highest BCUT2D eigenvalue weighted by Crippen LogP contribution is 2.27. The fourth-order valence-electron chi connectivity index (χ4n) is 2.74. The number of amides is 1. The summed E-state index contributed by atoms with van der Waals surface area (Å²) in [5.74, 6) is 0.486. The van der Waals surface area contributed by atoms with Crippen LogP contribution in [0.25, 0.3) is 16.5 Å². The number of thiophene rings is 2. The molecule has 4 aromatic heterocycles. The van der Waals surface area contributed by atoms with Crippen molar-refractivity contribution in [1.29, 1.82) is 0 Å². The summed E-state index contributed by atoms with van der Waals surface area (Å²) in [7, 11) is 0. The SMILES string of the molecule is CCCc1cc(=O)[nH]c(-n2nc(-c3cccs3)cc2NC(=O)c2cccs2)n1. The van der Waals surface area contributed by atoms with Gasteiger partial charge in [0.25, 0.3) is 11.5 Å². The first-order chi connectivity index (χ1) is 13.6. The van der Waals surface area contributed by atoms with E-state index in [1.54, 1.807) is 23.5 Å². The van der Waals surface area contributed by atoms with E-state index in [4.69, 9.17) is 0 Å². The quantitative estimate of drug-likeness (QED) is 0.502. The van der Waals surface area contributed by atoms with Crippen LogP contribution in [0.1, 0.15) is 28.7 Å². The van der Waals surface area contributed by atoms with Crippen LogP contribution in [0, 0.1) is 0 Å². The number of carbonyl (C=O) groups excluding carboxylic acids is 1. The van der Waals surface area contributed by atoms with E-state index in [0.717, 1.165) is 11.3 Å². The summed E-state index contributed by atoms with van der Waals surface area (Å²) in [5, 5.41) is 11.3. The number of hydrogen-bond acceptors (Lipinski definition) is 6. The second-order valence-corrected chi connectivity index (χ2v) is 7.94. The molecule has 9 heteroatoms. The molecule has 0 saturated carbocycles. The van der Waals surface area contributed by atoms with Crippen LogP contribution in [0.5, 0.6) is 0 Å². The molecule has 0 aliphatic heterocycles. The number of carbonyl (C=O) groups is 1. The standard InChI is InChI=1S/C19H17N5O2S2/c1-2-5-12-10-17(25)22-19(20-12)24-16(21-18(26)15-7-4-9-28-15)11-13(23-24)14-6-3-8-27-14/h3-4,6-11H,2,5H2,1H3,(H,21,26)(H,20,22,25). The first-order valence-electron chi connectivity index (χ1n) is 8.73. The van der Waals surface area contributed by atoms with Gasteiger partial charge < -0.3 is 5.32 Å². The molecule has 0 radical (unpaired) electrons. The van der Waals surface area contributed by atoms with Crippen LogP contribution in [0.4, 0.5) is 5.82 Å². The molecule has 0 bridgehead atoms. The lowest BCUT2D eigenvalue weighted by Crippen LogP contribution is -2.19. The fourth-order valence-corrected chi connectivity index (χ4v) is 4.04. The molecule has 4 heterocycles. The summed E-state index contributed by atoms with van der Waals surface area (Å²) < 4.78 is 1.47. The van der Waals surface area contributed by atoms with Crippen molar-refractivity contribution in [2.45, 2.75) is 19.8 Å². The lowest BCUT2D eigenvalue weighted by atomic mass is 10.2. The zero-order valence-electron chi connectivity index (χ0n) is 15.0. The first-order valence-corrected chi connectivity index (χ1v) is 10.5. The van der Waals surface area contributed by atoms with Crippen molar-refractivity contribution in [3.8, 4) is 16.5 Å². The van der Waals surface area contributed by atoms with Crippen molar-refractivity contribution in [2.75, 3.05) is 5.32 Å². The van der Waals surface area contributed by atoms with Crippen LogP contribution in [0.2, 0.25) is 0 Å². The molecular weight excluding hydrogens is 394 g/mol. The van der Waals surface area contributed by atoms with Gasteiger partial charge in [0.15, 0.2) is 0 Å². The van der Waals surface area contributed by atoms with Gasteiger partial charge in [-0.1, -0.05) is 25.5 Å². The number of hydrogen-bond donors (Lipinski definition) is 2. The minimum atomic E-state index is -0.253. The summed E-state index contributed by atoms with van der Waals surface area (Å²) in [4.78, 5) is 33.4. The van der Waals surface area contributed by atoms with Crippen molar-refractivity contribution in [3.63, 3.8) is 0 Å². The highest BCUT2D eigenvalue weighted by atomic mass is 32.1. The molecule has 0 spiro atoms. The molecule has 142 valence electrons. The molecule has 0 atom stereocenters. The fraction of sp³-hybridized carbons (Fsp3) is 0.158. The average Bonchev–Trinajstić information content (AvgIpc) is 3.42. The summed E-state index contributed by atoms with van der Waals surface area (Å²) >= 11 is 2.90. The number of H-pyrrole nitrogens is 1. The van der Waals surface area contributed by atoms with Crippen LogP contribution in [-0.2, 0) is 6.42 Å². The van der Waals surface area contributed by atoms with Crippen molar-refractivity contribution in [1.82, 2.24) is 19.7 Å². The van der Waals surface area contributed by atoms with Crippen molar-refractivity contribution >= 4 is 34.4 Å². The van der Waals surface area contributed by atoms with Crippen LogP contribution in [0.15, 0.2) is 52.0 Å². The van der Waals surface area contributed by atoms with Gasteiger partial charge in [-0.2, -0.15) is 9.78 Å². The van der Waals surface area contributed by atoms with E-state index in [1.165, 1.54) is 22.1 Å². The Labute approximate surface area is 168 Å². The number of rotatable bonds is 6. The zero-order chi connectivity index (χ0) is 19.5. The molecule has 2 N–H and O–H groups in total. The molecule has 28 heavy (non-hydrogen) atoms. The van der Waals surface area contributed by atoms with Gasteiger partial charge >= 0.3 is 0 Å². The first kappa shape index (κ1) is 18.3. The van der Waals surface area contributed by atoms with E-state index < -0.39 is 0 Å². The maximum atomic E-state index is 12.6. The van der Waals surface area contributed by atoms with Crippen LogP contribution in [-0.4, -0.2) is 25.7 Å². The van der Waals surface area contributed by atoms with Gasteiger partial charge in [0.2, 0.25) is 5.95 Å². The molecule has 0 aromatic carbocycles. The number of nitrogens with one attached hydrogen (secondary N) is 2. The maximum Gasteiger partial charge on any atom is 0.266 e. The predicted octanol–water partition coefficient (Wildman–Crippen LogP) is 3.95. The van der Waals surface area contributed by atoms with Crippen molar-refractivity contribution < 1.29 is 4.79 Å². The normalized spacial score (nSPS) is 10.9. The largest absolute Gasteiger partial charge is 0.306 e. The summed E-state index contributed by atoms with van der Waals surface area (Å²) in [5.41, 5.74) is 1.13. The van der Waals surface area contributed by atoms with Crippen LogP contribution in [0.3, 0.4) is 0 Å². The smallest absolute Gasteiger partial charge is 0.266 e. The predicted molar refractivity (Wildman–Crippen MR) is 112 cm³/mol. The number of aromatic amines is 1. The molecule has 0 unspecified atom stereocenters. The Balaban J connectivity index is 1.79. The highest BCUT2D eigenvalue weighted by Gasteiger charge is 2.17. The summed E-state index contributed by atoms with van der Waals surface area (Å²) in [6.45, 7) is 2.03. The highest BCUT2D eigenvalue weighted by molar-refractivity contribution is 7.13. The van der Waals surface area contributed by atoms with Gasteiger partial charge in [0.1, 0.15) is 11.5 Å². The van der Waals surface area contributed by atoms with E-state index in [-0.39, 0.29) is 17.4 Å². The second kappa shape index (κ2) is 7.91. The Morgan fingerprint density at radius 1 is 1.21 bits per heavy atom. The molecule has 0 fully saturated rings. The van der Waals surface area contributed by atoms with Gasteiger partial charge in [-0.15, -0.1) is 22.7 Å². The van der Waals surface area contributed by atoms with Gasteiger partial charge in [0.05, 0.1) is 9.75 Å². The third kappa shape index (κ3) is 3.80. The number of nitrogens with zero attached hydrogens (tertiary/aromatic N) is 3. The average molecular weight is 412 g/mol. The third-order valence-corrected chi connectivity index (χ3v) is 5.72. The van der Waals surface area contributed by atoms with Gasteiger partial charge in [0, 0.05) is 17.8 Å². The lowest BCUT2D eigenvalue weighted by molar-refractivity contribution is 0.103. The van der Waals surface area contributed by atoms with E-state index in [1.807, 2.05) is 35.9 Å². The summed E-state index contributed by atoms with van der Waals surface area (Å²) in [6.07, 6.45) is 1.56. The lowest BCUT2D eigenvalue weighted by Gasteiger charge is -2.08. The number of aryl methyl sites for hydroxylation is 1. The Kier molecular flexibility index (Phi) is 5.18. The van der Waals surface area contributed by atoms with Crippen LogP contribution < -0.4 is 10.9 Å². The van der Waals surface area contributed by atoms with E-state index in [0.29, 0.717) is 28.5 Å².